The van der Waals surface area contributed by atoms with Crippen molar-refractivity contribution in [3.05, 3.63) is 12.7 Å². The topological polar surface area (TPSA) is 35.5 Å². The van der Waals surface area contributed by atoms with Crippen LogP contribution in [0.2, 0.25) is 36.3 Å². The monoisotopic (exact) mass is 470 g/mol. The molecule has 0 rings (SSSR count). The summed E-state index contributed by atoms with van der Waals surface area (Å²) in [5.74, 6) is 0.304. The average molecular weight is 471 g/mol. The molecule has 0 aliphatic rings. The Balaban J connectivity index is 5.97. The highest BCUT2D eigenvalue weighted by Gasteiger charge is 2.48. The van der Waals surface area contributed by atoms with Crippen molar-refractivity contribution in [3.8, 4) is 0 Å². The smallest absolute Gasteiger partial charge is 0.192 e. The molecule has 0 fully saturated rings. The van der Waals surface area contributed by atoms with Gasteiger partial charge in [0.25, 0.3) is 0 Å². The van der Waals surface area contributed by atoms with Crippen molar-refractivity contribution in [1.82, 2.24) is 0 Å². The van der Waals surface area contributed by atoms with Gasteiger partial charge < -0.3 is 8.85 Å². The van der Waals surface area contributed by atoms with E-state index in [0.29, 0.717) is 6.42 Å². The van der Waals surface area contributed by atoms with Crippen LogP contribution < -0.4 is 0 Å². The van der Waals surface area contributed by atoms with Gasteiger partial charge in [-0.1, -0.05) is 82.2 Å². The summed E-state index contributed by atoms with van der Waals surface area (Å²) < 4.78 is 13.6. The van der Waals surface area contributed by atoms with E-state index in [-0.39, 0.29) is 39.9 Å². The fourth-order valence-electron chi connectivity index (χ4n) is 3.40. The van der Waals surface area contributed by atoms with Crippen LogP contribution in [-0.4, -0.2) is 34.6 Å². The molecule has 0 bridgehead atoms. The molecule has 0 aromatic heterocycles. The SMILES string of the molecule is C=CC[C@H](O[Si](C)(C)C(C)(C)C)C(C)(C)C(=O)[C@@H](C)[C@H](O[Si](C)(C)C(C)(C)C)C(C)C. The molecule has 0 saturated carbocycles. The van der Waals surface area contributed by atoms with Crippen molar-refractivity contribution >= 4 is 22.4 Å². The summed E-state index contributed by atoms with van der Waals surface area (Å²) in [5, 5.41) is 0.193. The maximum absolute atomic E-state index is 13.9. The molecule has 0 amide bonds. The minimum atomic E-state index is -2.03. The van der Waals surface area contributed by atoms with Crippen molar-refractivity contribution in [2.75, 3.05) is 0 Å². The highest BCUT2D eigenvalue weighted by molar-refractivity contribution is 6.74. The van der Waals surface area contributed by atoms with Gasteiger partial charge in [-0.2, -0.15) is 0 Å². The van der Waals surface area contributed by atoms with E-state index >= 15 is 0 Å². The molecule has 184 valence electrons. The third-order valence-electron chi connectivity index (χ3n) is 7.86. The zero-order valence-corrected chi connectivity index (χ0v) is 25.5. The fourth-order valence-corrected chi connectivity index (χ4v) is 6.37. The molecule has 0 saturated heterocycles. The molecular weight excluding hydrogens is 416 g/mol. The van der Waals surface area contributed by atoms with E-state index in [1.165, 1.54) is 0 Å². The molecule has 5 heteroatoms. The molecule has 0 N–H and O–H groups in total. The Morgan fingerprint density at radius 2 is 1.23 bits per heavy atom. The molecule has 0 aromatic rings. The van der Waals surface area contributed by atoms with E-state index in [2.05, 4.69) is 109 Å². The number of rotatable bonds is 11. The van der Waals surface area contributed by atoms with Gasteiger partial charge >= 0.3 is 0 Å². The van der Waals surface area contributed by atoms with Gasteiger partial charge in [-0.25, -0.2) is 0 Å². The van der Waals surface area contributed by atoms with Crippen molar-refractivity contribution < 1.29 is 13.6 Å². The molecule has 3 atom stereocenters. The van der Waals surface area contributed by atoms with Crippen molar-refractivity contribution in [3.63, 3.8) is 0 Å². The van der Waals surface area contributed by atoms with E-state index in [0.717, 1.165) is 0 Å². The summed E-state index contributed by atoms with van der Waals surface area (Å²) in [4.78, 5) is 13.9. The van der Waals surface area contributed by atoms with Crippen LogP contribution in [0.5, 0.6) is 0 Å². The third-order valence-corrected chi connectivity index (χ3v) is 16.8. The fraction of sp³-hybridized carbons (Fsp3) is 0.885. The van der Waals surface area contributed by atoms with E-state index in [9.17, 15) is 4.79 Å². The number of hydrogen-bond acceptors (Lipinski definition) is 3. The van der Waals surface area contributed by atoms with Crippen LogP contribution in [0.3, 0.4) is 0 Å². The van der Waals surface area contributed by atoms with E-state index in [4.69, 9.17) is 8.85 Å². The summed E-state index contributed by atoms with van der Waals surface area (Å²) in [6.45, 7) is 37.0. The van der Waals surface area contributed by atoms with Crippen LogP contribution in [0.25, 0.3) is 0 Å². The van der Waals surface area contributed by atoms with Crippen molar-refractivity contribution in [1.29, 1.82) is 0 Å². The Bertz CT molecular complexity index is 607. The summed E-state index contributed by atoms with van der Waals surface area (Å²) >= 11 is 0. The van der Waals surface area contributed by atoms with Gasteiger partial charge in [-0.3, -0.25) is 4.79 Å². The Morgan fingerprint density at radius 3 is 1.55 bits per heavy atom. The standard InChI is InChI=1S/C26H54O3Si2/c1-17-18-21(28-30(13,14)24(5,6)7)26(11,12)23(27)20(4)22(19(2)3)29-31(15,16)25(8,9)10/h17,19-22H,1,18H2,2-16H3/t20-,21-,22+/m0/s1. The number of ketones is 1. The first-order valence-corrected chi connectivity index (χ1v) is 17.9. The van der Waals surface area contributed by atoms with Crippen LogP contribution in [0.4, 0.5) is 0 Å². The van der Waals surface area contributed by atoms with Crippen LogP contribution >= 0.6 is 0 Å². The summed E-state index contributed by atoms with van der Waals surface area (Å²) in [6, 6.07) is 0. The second-order valence-corrected chi connectivity index (χ2v) is 22.9. The molecule has 0 radical (unpaired) electrons. The molecule has 0 unspecified atom stereocenters. The molecule has 31 heavy (non-hydrogen) atoms. The number of Topliss-reactive ketones (excluding diaryl/α,β-unsaturated/α-hetero) is 1. The molecule has 0 heterocycles. The Labute approximate surface area is 197 Å². The quantitative estimate of drug-likeness (QED) is 0.225. The maximum Gasteiger partial charge on any atom is 0.192 e. The lowest BCUT2D eigenvalue weighted by atomic mass is 9.73. The lowest BCUT2D eigenvalue weighted by Crippen LogP contribution is -2.53. The molecular formula is C26H54O3Si2. The van der Waals surface area contributed by atoms with Crippen LogP contribution in [0, 0.1) is 17.3 Å². The Kier molecular flexibility index (Phi) is 10.3. The van der Waals surface area contributed by atoms with Gasteiger partial charge in [-0.05, 0) is 48.6 Å². The van der Waals surface area contributed by atoms with Gasteiger partial charge in [0.15, 0.2) is 16.6 Å². The first-order valence-electron chi connectivity index (χ1n) is 12.0. The van der Waals surface area contributed by atoms with E-state index < -0.39 is 22.0 Å². The maximum atomic E-state index is 13.9. The number of carbonyl (C=O) groups is 1. The predicted octanol–water partition coefficient (Wildman–Crippen LogP) is 8.23. The first kappa shape index (κ1) is 30.8. The second kappa shape index (κ2) is 10.4. The van der Waals surface area contributed by atoms with Crippen molar-refractivity contribution in [2.45, 2.75) is 131 Å². The zero-order chi connectivity index (χ0) is 25.2. The predicted molar refractivity (Wildman–Crippen MR) is 142 cm³/mol. The van der Waals surface area contributed by atoms with Gasteiger partial charge in [0.2, 0.25) is 0 Å². The van der Waals surface area contributed by atoms with Gasteiger partial charge in [0.05, 0.1) is 12.2 Å². The van der Waals surface area contributed by atoms with Gasteiger partial charge in [0.1, 0.15) is 5.78 Å². The largest absolute Gasteiger partial charge is 0.413 e. The minimum Gasteiger partial charge on any atom is -0.413 e. The first-order chi connectivity index (χ1) is 13.5. The summed E-state index contributed by atoms with van der Waals surface area (Å²) in [7, 11) is -4.03. The Hall–Kier alpha value is -0.236. The molecule has 0 aliphatic carbocycles. The highest BCUT2D eigenvalue weighted by Crippen LogP contribution is 2.43. The van der Waals surface area contributed by atoms with Crippen LogP contribution in [-0.2, 0) is 13.6 Å². The van der Waals surface area contributed by atoms with Crippen molar-refractivity contribution in [2.24, 2.45) is 17.3 Å². The summed E-state index contributed by atoms with van der Waals surface area (Å²) in [5.41, 5.74) is -0.618. The molecule has 0 spiro atoms. The van der Waals surface area contributed by atoms with Crippen LogP contribution in [0.15, 0.2) is 12.7 Å². The normalized spacial score (nSPS) is 17.4. The highest BCUT2D eigenvalue weighted by atomic mass is 28.4. The second-order valence-electron chi connectivity index (χ2n) is 13.4. The lowest BCUT2D eigenvalue weighted by molar-refractivity contribution is -0.140. The average Bonchev–Trinajstić information content (AvgIpc) is 2.55. The third kappa shape index (κ3) is 7.65. The zero-order valence-electron chi connectivity index (χ0n) is 23.5. The van der Waals surface area contributed by atoms with Crippen LogP contribution in [0.1, 0.15) is 82.6 Å². The van der Waals surface area contributed by atoms with Gasteiger partial charge in [0, 0.05) is 11.3 Å². The number of carbonyl (C=O) groups excluding carboxylic acids is 1. The van der Waals surface area contributed by atoms with E-state index in [1.54, 1.807) is 0 Å². The molecule has 0 aliphatic heterocycles. The molecule has 3 nitrogen and oxygen atoms in total. The van der Waals surface area contributed by atoms with Gasteiger partial charge in [-0.15, -0.1) is 6.58 Å². The number of hydrogen-bond donors (Lipinski definition) is 0. The summed E-state index contributed by atoms with van der Waals surface area (Å²) in [6.07, 6.45) is 2.29. The Morgan fingerprint density at radius 1 is 0.839 bits per heavy atom. The van der Waals surface area contributed by atoms with E-state index in [1.807, 2.05) is 6.08 Å². The lowest BCUT2D eigenvalue weighted by Gasteiger charge is -2.46. The minimum absolute atomic E-state index is 0.0864. The molecule has 0 aromatic carbocycles.